The second-order valence-corrected chi connectivity index (χ2v) is 4.51. The van der Waals surface area contributed by atoms with Crippen molar-refractivity contribution in [2.45, 2.75) is 25.9 Å². The van der Waals surface area contributed by atoms with Crippen molar-refractivity contribution in [3.8, 4) is 11.5 Å². The van der Waals surface area contributed by atoms with Crippen LogP contribution in [0.3, 0.4) is 0 Å². The molecule has 0 saturated heterocycles. The van der Waals surface area contributed by atoms with E-state index in [1.165, 1.54) is 6.92 Å². The summed E-state index contributed by atoms with van der Waals surface area (Å²) in [6.45, 7) is 1.32. The van der Waals surface area contributed by atoms with Crippen molar-refractivity contribution in [2.75, 3.05) is 13.4 Å². The number of carbonyl (C=O) groups excluding carboxylic acids is 1. The largest absolute Gasteiger partial charge is 0.454 e. The molecule has 0 spiro atoms. The Labute approximate surface area is 121 Å². The lowest BCUT2D eigenvalue weighted by Crippen LogP contribution is -2.14. The Bertz CT molecular complexity index is 542. The van der Waals surface area contributed by atoms with E-state index in [-0.39, 0.29) is 19.1 Å². The van der Waals surface area contributed by atoms with E-state index >= 15 is 0 Å². The van der Waals surface area contributed by atoms with Gasteiger partial charge in [-0.1, -0.05) is 11.2 Å². The Hall–Kier alpha value is -2.12. The zero-order valence-corrected chi connectivity index (χ0v) is 11.6. The van der Waals surface area contributed by atoms with Gasteiger partial charge in [-0.2, -0.15) is 0 Å². The molecule has 7 heteroatoms. The van der Waals surface area contributed by atoms with Crippen molar-refractivity contribution in [1.82, 2.24) is 0 Å². The number of ether oxygens (including phenoxy) is 2. The highest BCUT2D eigenvalue weighted by atomic mass is 16.7. The first kappa shape index (κ1) is 15.3. The minimum Gasteiger partial charge on any atom is -0.454 e. The quantitative estimate of drug-likeness (QED) is 0.464. The summed E-state index contributed by atoms with van der Waals surface area (Å²) in [5.74, 6) is 0.578. The summed E-state index contributed by atoms with van der Waals surface area (Å²) >= 11 is 0. The number of hydrogen-bond acceptors (Lipinski definition) is 7. The molecule has 0 aliphatic carbocycles. The van der Waals surface area contributed by atoms with E-state index in [1.807, 2.05) is 0 Å². The topological polar surface area (TPSA) is 97.6 Å². The summed E-state index contributed by atoms with van der Waals surface area (Å²) in [5, 5.41) is 22.9. The Balaban J connectivity index is 2.18. The van der Waals surface area contributed by atoms with Gasteiger partial charge in [0.1, 0.15) is 6.10 Å². The normalized spacial score (nSPS) is 14.9. The van der Waals surface area contributed by atoms with Gasteiger partial charge in [0.2, 0.25) is 6.79 Å². The lowest BCUT2D eigenvalue weighted by Gasteiger charge is -2.13. The van der Waals surface area contributed by atoms with E-state index in [2.05, 4.69) is 9.99 Å². The molecule has 1 aromatic rings. The van der Waals surface area contributed by atoms with Crippen LogP contribution in [0.4, 0.5) is 0 Å². The first-order chi connectivity index (χ1) is 10.1. The van der Waals surface area contributed by atoms with Crippen LogP contribution in [0.15, 0.2) is 23.4 Å². The molecule has 0 aromatic heterocycles. The van der Waals surface area contributed by atoms with Crippen LogP contribution in [0.1, 0.15) is 31.4 Å². The summed E-state index contributed by atoms with van der Waals surface area (Å²) in [7, 11) is 0. The number of oxime groups is 1. The molecule has 1 aliphatic heterocycles. The molecule has 7 nitrogen and oxygen atoms in total. The fourth-order valence-electron chi connectivity index (χ4n) is 1.89. The molecule has 0 bridgehead atoms. The summed E-state index contributed by atoms with van der Waals surface area (Å²) in [4.78, 5) is 15.4. The number of aliphatic hydroxyl groups excluding tert-OH is 2. The van der Waals surface area contributed by atoms with Gasteiger partial charge < -0.3 is 24.5 Å². The van der Waals surface area contributed by atoms with Crippen molar-refractivity contribution in [2.24, 2.45) is 5.16 Å². The second kappa shape index (κ2) is 7.05. The average molecular weight is 295 g/mol. The average Bonchev–Trinajstić information content (AvgIpc) is 2.93. The van der Waals surface area contributed by atoms with Crippen LogP contribution >= 0.6 is 0 Å². The Morgan fingerprint density at radius 3 is 2.90 bits per heavy atom. The maximum atomic E-state index is 10.8. The minimum absolute atomic E-state index is 0.0487. The number of aliphatic hydroxyl groups is 2. The van der Waals surface area contributed by atoms with Crippen molar-refractivity contribution >= 4 is 11.7 Å². The minimum atomic E-state index is -1.05. The monoisotopic (exact) mass is 295 g/mol. The molecule has 0 radical (unpaired) electrons. The molecule has 1 aromatic carbocycles. The van der Waals surface area contributed by atoms with Gasteiger partial charge in [0.15, 0.2) is 11.5 Å². The molecule has 1 heterocycles. The Morgan fingerprint density at radius 1 is 1.43 bits per heavy atom. The Morgan fingerprint density at radius 2 is 2.19 bits per heavy atom. The van der Waals surface area contributed by atoms with Gasteiger partial charge in [0.25, 0.3) is 0 Å². The van der Waals surface area contributed by atoms with E-state index < -0.39 is 12.1 Å². The maximum absolute atomic E-state index is 10.8. The number of fused-ring (bicyclic) bond motifs is 1. The van der Waals surface area contributed by atoms with Crippen LogP contribution in [-0.2, 0) is 9.63 Å². The first-order valence-corrected chi connectivity index (χ1v) is 6.54. The molecule has 2 rings (SSSR count). The van der Waals surface area contributed by atoms with Gasteiger partial charge >= 0.3 is 5.97 Å². The number of hydrogen-bond donors (Lipinski definition) is 2. The number of rotatable bonds is 6. The van der Waals surface area contributed by atoms with Crippen LogP contribution < -0.4 is 9.47 Å². The van der Waals surface area contributed by atoms with Gasteiger partial charge in [-0.25, -0.2) is 4.79 Å². The van der Waals surface area contributed by atoms with Gasteiger partial charge in [0.05, 0.1) is 5.71 Å². The van der Waals surface area contributed by atoms with Gasteiger partial charge in [0, 0.05) is 13.5 Å². The predicted molar refractivity (Wildman–Crippen MR) is 73.0 cm³/mol. The van der Waals surface area contributed by atoms with Crippen molar-refractivity contribution in [3.63, 3.8) is 0 Å². The Kier molecular flexibility index (Phi) is 5.13. The van der Waals surface area contributed by atoms with Crippen LogP contribution in [0.25, 0.3) is 0 Å². The molecule has 0 saturated carbocycles. The van der Waals surface area contributed by atoms with E-state index in [0.717, 1.165) is 0 Å². The lowest BCUT2D eigenvalue weighted by molar-refractivity contribution is -0.141. The molecule has 1 unspecified atom stereocenters. The van der Waals surface area contributed by atoms with Crippen LogP contribution in [0.2, 0.25) is 0 Å². The zero-order valence-electron chi connectivity index (χ0n) is 11.6. The molecule has 0 fully saturated rings. The van der Waals surface area contributed by atoms with Gasteiger partial charge in [-0.15, -0.1) is 0 Å². The molecule has 1 aliphatic rings. The number of nitrogens with zero attached hydrogens (tertiary/aromatic N) is 1. The van der Waals surface area contributed by atoms with Crippen molar-refractivity contribution in [3.05, 3.63) is 23.8 Å². The molecule has 1 atom stereocenters. The maximum Gasteiger partial charge on any atom is 0.331 e. The third-order valence-electron chi connectivity index (χ3n) is 2.91. The molecular weight excluding hydrogens is 278 g/mol. The zero-order chi connectivity index (χ0) is 15.2. The highest BCUT2D eigenvalue weighted by molar-refractivity contribution is 5.89. The fraction of sp³-hybridized carbons (Fsp3) is 0.429. The summed E-state index contributed by atoms with van der Waals surface area (Å²) in [6.07, 6.45) is -0.341. The van der Waals surface area contributed by atoms with Crippen LogP contribution in [0, 0.1) is 0 Å². The molecule has 0 amide bonds. The first-order valence-electron chi connectivity index (χ1n) is 6.54. The van der Waals surface area contributed by atoms with E-state index in [1.54, 1.807) is 18.2 Å². The molecule has 21 heavy (non-hydrogen) atoms. The molecule has 2 N–H and O–H groups in total. The third-order valence-corrected chi connectivity index (χ3v) is 2.91. The van der Waals surface area contributed by atoms with E-state index in [9.17, 15) is 9.90 Å². The smallest absolute Gasteiger partial charge is 0.331 e. The highest BCUT2D eigenvalue weighted by Crippen LogP contribution is 2.34. The SMILES string of the molecule is CC(=O)O/N=C(\CCCO)C(O)c1ccc2c(c1)OCO2. The second-order valence-electron chi connectivity index (χ2n) is 4.51. The van der Waals surface area contributed by atoms with Gasteiger partial charge in [-0.3, -0.25) is 0 Å². The van der Waals surface area contributed by atoms with E-state index in [4.69, 9.17) is 14.6 Å². The predicted octanol–water partition coefficient (Wildman–Crippen LogP) is 1.14. The van der Waals surface area contributed by atoms with Gasteiger partial charge in [-0.05, 0) is 30.5 Å². The highest BCUT2D eigenvalue weighted by Gasteiger charge is 2.20. The van der Waals surface area contributed by atoms with Crippen LogP contribution in [-0.4, -0.2) is 35.3 Å². The van der Waals surface area contributed by atoms with Crippen LogP contribution in [0.5, 0.6) is 11.5 Å². The molecular formula is C14H17NO6. The lowest BCUT2D eigenvalue weighted by atomic mass is 10.0. The number of benzene rings is 1. The molecule has 114 valence electrons. The summed E-state index contributed by atoms with van der Waals surface area (Å²) in [6, 6.07) is 5.02. The summed E-state index contributed by atoms with van der Waals surface area (Å²) < 4.78 is 10.5. The van der Waals surface area contributed by atoms with E-state index in [0.29, 0.717) is 29.9 Å². The fourth-order valence-corrected chi connectivity index (χ4v) is 1.89. The standard InChI is InChI=1S/C14H17NO6/c1-9(17)21-15-11(3-2-6-16)14(18)10-4-5-12-13(7-10)20-8-19-12/h4-5,7,14,16,18H,2-3,6,8H2,1H3/b15-11+. The number of carbonyl (C=O) groups is 1. The third kappa shape index (κ3) is 3.93. The van der Waals surface area contributed by atoms with Crippen molar-refractivity contribution < 1.29 is 29.3 Å². The van der Waals surface area contributed by atoms with Crippen molar-refractivity contribution in [1.29, 1.82) is 0 Å². The summed E-state index contributed by atoms with van der Waals surface area (Å²) in [5.41, 5.74) is 0.807.